The van der Waals surface area contributed by atoms with Crippen LogP contribution in [0.3, 0.4) is 0 Å². The van der Waals surface area contributed by atoms with Crippen molar-refractivity contribution in [2.24, 2.45) is 29.6 Å². The van der Waals surface area contributed by atoms with E-state index < -0.39 is 0 Å². The zero-order chi connectivity index (χ0) is 12.8. The molecule has 0 aromatic rings. The molecule has 1 saturated carbocycles. The van der Waals surface area contributed by atoms with E-state index in [1.807, 2.05) is 0 Å². The highest BCUT2D eigenvalue weighted by Crippen LogP contribution is 2.41. The first kappa shape index (κ1) is 15.1. The van der Waals surface area contributed by atoms with Crippen LogP contribution in [-0.2, 0) is 0 Å². The Bertz CT molecular complexity index is 196. The molecule has 1 aliphatic rings. The Labute approximate surface area is 110 Å². The van der Waals surface area contributed by atoms with E-state index in [9.17, 15) is 0 Å². The molecule has 0 aromatic carbocycles. The van der Waals surface area contributed by atoms with Gasteiger partial charge in [0.15, 0.2) is 0 Å². The Morgan fingerprint density at radius 3 is 2.41 bits per heavy atom. The summed E-state index contributed by atoms with van der Waals surface area (Å²) in [5.74, 6) is 4.92. The molecule has 0 aromatic heterocycles. The zero-order valence-corrected chi connectivity index (χ0v) is 12.8. The van der Waals surface area contributed by atoms with Gasteiger partial charge in [-0.1, -0.05) is 60.3 Å². The van der Waals surface area contributed by atoms with Gasteiger partial charge in [0.25, 0.3) is 0 Å². The summed E-state index contributed by atoms with van der Waals surface area (Å²) in [7, 11) is 0. The number of hydrogen-bond donors (Lipinski definition) is 0. The zero-order valence-electron chi connectivity index (χ0n) is 12.8. The highest BCUT2D eigenvalue weighted by atomic mass is 14.4. The van der Waals surface area contributed by atoms with Crippen LogP contribution < -0.4 is 0 Å². The van der Waals surface area contributed by atoms with Gasteiger partial charge in [-0.15, -0.1) is 0 Å². The van der Waals surface area contributed by atoms with E-state index in [0.717, 1.165) is 29.6 Å². The molecular weight excluding hydrogens is 204 g/mol. The predicted octanol–water partition coefficient (Wildman–Crippen LogP) is 5.91. The maximum absolute atomic E-state index is 2.51. The summed E-state index contributed by atoms with van der Waals surface area (Å²) >= 11 is 0. The van der Waals surface area contributed by atoms with Crippen LogP contribution in [0.15, 0.2) is 0 Å². The highest BCUT2D eigenvalue weighted by Gasteiger charge is 2.30. The van der Waals surface area contributed by atoms with Gasteiger partial charge in [0.2, 0.25) is 0 Å². The van der Waals surface area contributed by atoms with E-state index in [1.165, 1.54) is 44.9 Å². The largest absolute Gasteiger partial charge is 0.0654 e. The van der Waals surface area contributed by atoms with Crippen LogP contribution in [-0.4, -0.2) is 0 Å². The van der Waals surface area contributed by atoms with Crippen molar-refractivity contribution in [1.82, 2.24) is 0 Å². The Hall–Kier alpha value is 0. The summed E-state index contributed by atoms with van der Waals surface area (Å²) in [5.41, 5.74) is 0. The van der Waals surface area contributed by atoms with E-state index in [2.05, 4.69) is 34.6 Å². The molecule has 102 valence electrons. The average molecular weight is 238 g/mol. The summed E-state index contributed by atoms with van der Waals surface area (Å²) in [5, 5.41) is 0. The summed E-state index contributed by atoms with van der Waals surface area (Å²) in [6, 6.07) is 0. The Morgan fingerprint density at radius 1 is 1.12 bits per heavy atom. The Kier molecular flexibility index (Phi) is 6.59. The molecule has 0 heterocycles. The fourth-order valence-electron chi connectivity index (χ4n) is 3.74. The lowest BCUT2D eigenvalue weighted by Gasteiger charge is -2.38. The van der Waals surface area contributed by atoms with Gasteiger partial charge >= 0.3 is 0 Å². The second-order valence-corrected chi connectivity index (χ2v) is 6.83. The minimum Gasteiger partial charge on any atom is -0.0654 e. The van der Waals surface area contributed by atoms with Crippen molar-refractivity contribution in [2.45, 2.75) is 79.6 Å². The SMILES string of the molecule is CCCC1CC(C(C)CC(C)CC)CCC1C. The van der Waals surface area contributed by atoms with Crippen LogP contribution >= 0.6 is 0 Å². The monoisotopic (exact) mass is 238 g/mol. The van der Waals surface area contributed by atoms with Gasteiger partial charge in [-0.05, 0) is 48.9 Å². The van der Waals surface area contributed by atoms with Crippen LogP contribution in [0.1, 0.15) is 79.6 Å². The van der Waals surface area contributed by atoms with E-state index in [4.69, 9.17) is 0 Å². The molecule has 1 fully saturated rings. The molecule has 0 amide bonds. The maximum atomic E-state index is 2.51. The van der Waals surface area contributed by atoms with Crippen molar-refractivity contribution in [3.63, 3.8) is 0 Å². The molecule has 0 nitrogen and oxygen atoms in total. The maximum Gasteiger partial charge on any atom is -0.0386 e. The lowest BCUT2D eigenvalue weighted by Crippen LogP contribution is -2.27. The van der Waals surface area contributed by atoms with Crippen molar-refractivity contribution in [2.75, 3.05) is 0 Å². The van der Waals surface area contributed by atoms with Crippen molar-refractivity contribution in [3.8, 4) is 0 Å². The third kappa shape index (κ3) is 4.64. The third-order valence-electron chi connectivity index (χ3n) is 5.34. The molecule has 1 rings (SSSR count). The first-order valence-corrected chi connectivity index (χ1v) is 8.08. The third-order valence-corrected chi connectivity index (χ3v) is 5.34. The quantitative estimate of drug-likeness (QED) is 0.539. The molecule has 0 aliphatic heterocycles. The minimum atomic E-state index is 0.925. The number of rotatable bonds is 6. The molecule has 0 radical (unpaired) electrons. The standard InChI is InChI=1S/C17H34/c1-6-8-16-12-17(10-9-14(16)4)15(5)11-13(3)7-2/h13-17H,6-12H2,1-5H3. The van der Waals surface area contributed by atoms with Gasteiger partial charge < -0.3 is 0 Å². The lowest BCUT2D eigenvalue weighted by molar-refractivity contribution is 0.132. The molecule has 0 bridgehead atoms. The average Bonchev–Trinajstić information content (AvgIpc) is 2.32. The smallest absolute Gasteiger partial charge is 0.0386 e. The molecule has 1 aliphatic carbocycles. The van der Waals surface area contributed by atoms with Gasteiger partial charge in [0.05, 0.1) is 0 Å². The summed E-state index contributed by atoms with van der Waals surface area (Å²) < 4.78 is 0. The molecule has 17 heavy (non-hydrogen) atoms. The van der Waals surface area contributed by atoms with Crippen molar-refractivity contribution < 1.29 is 0 Å². The molecule has 5 atom stereocenters. The first-order chi connectivity index (χ1) is 8.08. The van der Waals surface area contributed by atoms with Crippen LogP contribution in [0.4, 0.5) is 0 Å². The molecular formula is C17H34. The Balaban J connectivity index is 2.43. The topological polar surface area (TPSA) is 0 Å². The summed E-state index contributed by atoms with van der Waals surface area (Å²) in [4.78, 5) is 0. The van der Waals surface area contributed by atoms with E-state index in [-0.39, 0.29) is 0 Å². The first-order valence-electron chi connectivity index (χ1n) is 8.08. The van der Waals surface area contributed by atoms with Gasteiger partial charge in [-0.3, -0.25) is 0 Å². The highest BCUT2D eigenvalue weighted by molar-refractivity contribution is 4.81. The van der Waals surface area contributed by atoms with Crippen molar-refractivity contribution >= 4 is 0 Å². The van der Waals surface area contributed by atoms with Crippen LogP contribution in [0, 0.1) is 29.6 Å². The summed E-state index contributed by atoms with van der Waals surface area (Å²) in [6.45, 7) is 12.1. The minimum absolute atomic E-state index is 0.925. The lowest BCUT2D eigenvalue weighted by atomic mass is 9.68. The van der Waals surface area contributed by atoms with E-state index >= 15 is 0 Å². The second kappa shape index (κ2) is 7.44. The van der Waals surface area contributed by atoms with Gasteiger partial charge in [-0.25, -0.2) is 0 Å². The van der Waals surface area contributed by atoms with Crippen LogP contribution in [0.25, 0.3) is 0 Å². The van der Waals surface area contributed by atoms with Crippen LogP contribution in [0.5, 0.6) is 0 Å². The molecule has 0 spiro atoms. The fraction of sp³-hybridized carbons (Fsp3) is 1.00. The Morgan fingerprint density at radius 2 is 1.82 bits per heavy atom. The fourth-order valence-corrected chi connectivity index (χ4v) is 3.74. The second-order valence-electron chi connectivity index (χ2n) is 6.83. The number of hydrogen-bond acceptors (Lipinski definition) is 0. The van der Waals surface area contributed by atoms with Gasteiger partial charge in [-0.2, -0.15) is 0 Å². The van der Waals surface area contributed by atoms with Crippen molar-refractivity contribution in [1.29, 1.82) is 0 Å². The normalized spacial score (nSPS) is 33.4. The predicted molar refractivity (Wildman–Crippen MR) is 78.1 cm³/mol. The van der Waals surface area contributed by atoms with Crippen molar-refractivity contribution in [3.05, 3.63) is 0 Å². The van der Waals surface area contributed by atoms with Gasteiger partial charge in [0, 0.05) is 0 Å². The van der Waals surface area contributed by atoms with E-state index in [0.29, 0.717) is 0 Å². The van der Waals surface area contributed by atoms with Gasteiger partial charge in [0.1, 0.15) is 0 Å². The summed E-state index contributed by atoms with van der Waals surface area (Å²) in [6.07, 6.45) is 10.2. The molecule has 0 N–H and O–H groups in total. The molecule has 0 saturated heterocycles. The van der Waals surface area contributed by atoms with Crippen LogP contribution in [0.2, 0.25) is 0 Å². The molecule has 5 unspecified atom stereocenters. The molecule has 0 heteroatoms. The van der Waals surface area contributed by atoms with E-state index in [1.54, 1.807) is 0 Å².